The molecule has 0 saturated heterocycles. The molecule has 1 rings (SSSR count). The Bertz CT molecular complexity index is 162. The Kier molecular flexibility index (Phi) is 3.56. The van der Waals surface area contributed by atoms with E-state index in [1.165, 1.54) is 0 Å². The van der Waals surface area contributed by atoms with Gasteiger partial charge in [0.2, 0.25) is 0 Å². The number of hydrogen-bond donors (Lipinski definition) is 0. The van der Waals surface area contributed by atoms with Crippen molar-refractivity contribution in [3.8, 4) is 0 Å². The molecule has 0 aliphatic heterocycles. The minimum Gasteiger partial charge on any atom is -0.247 e. The normalized spacial score (nSPS) is 46.4. The molecule has 78 valence electrons. The fourth-order valence-corrected chi connectivity index (χ4v) is 1.83. The third-order valence-electron chi connectivity index (χ3n) is 2.60. The molecule has 0 N–H and O–H groups in total. The van der Waals surface area contributed by atoms with Crippen molar-refractivity contribution >= 4 is 0 Å². The van der Waals surface area contributed by atoms with Crippen LogP contribution < -0.4 is 0 Å². The largest absolute Gasteiger partial charge is 0.247 e. The third kappa shape index (κ3) is 2.15. The van der Waals surface area contributed by atoms with Crippen molar-refractivity contribution < 1.29 is 17.6 Å². The van der Waals surface area contributed by atoms with Crippen LogP contribution in [-0.4, -0.2) is 24.7 Å². The Hall–Kier alpha value is -0.280. The zero-order valence-corrected chi connectivity index (χ0v) is 7.52. The molecule has 0 spiro atoms. The number of rotatable bonds is 2. The molecule has 0 aromatic carbocycles. The van der Waals surface area contributed by atoms with Gasteiger partial charge in [0.1, 0.15) is 18.5 Å². The molecule has 0 aromatic rings. The molecule has 5 atom stereocenters. The lowest BCUT2D eigenvalue weighted by molar-refractivity contribution is -0.0402. The van der Waals surface area contributed by atoms with Gasteiger partial charge in [0.15, 0.2) is 6.17 Å². The van der Waals surface area contributed by atoms with Crippen LogP contribution >= 0.6 is 0 Å². The van der Waals surface area contributed by atoms with Crippen LogP contribution in [0.5, 0.6) is 0 Å². The predicted molar refractivity (Wildman–Crippen MR) is 42.6 cm³/mol. The average Bonchev–Trinajstić information content (AvgIpc) is 2.09. The van der Waals surface area contributed by atoms with Crippen molar-refractivity contribution in [3.05, 3.63) is 0 Å². The highest BCUT2D eigenvalue weighted by Crippen LogP contribution is 2.36. The quantitative estimate of drug-likeness (QED) is 0.598. The molecule has 0 nitrogen and oxygen atoms in total. The highest BCUT2D eigenvalue weighted by molar-refractivity contribution is 4.93. The summed E-state index contributed by atoms with van der Waals surface area (Å²) < 4.78 is 51.6. The van der Waals surface area contributed by atoms with Gasteiger partial charge < -0.3 is 0 Å². The van der Waals surface area contributed by atoms with Gasteiger partial charge in [-0.15, -0.1) is 0 Å². The highest BCUT2D eigenvalue weighted by Gasteiger charge is 2.45. The van der Waals surface area contributed by atoms with Crippen LogP contribution in [-0.2, 0) is 0 Å². The van der Waals surface area contributed by atoms with Crippen molar-refractivity contribution in [2.75, 3.05) is 0 Å². The molecule has 1 aliphatic rings. The summed E-state index contributed by atoms with van der Waals surface area (Å²) in [6, 6.07) is 0. The van der Waals surface area contributed by atoms with Crippen molar-refractivity contribution in [1.29, 1.82) is 0 Å². The summed E-state index contributed by atoms with van der Waals surface area (Å²) in [5, 5.41) is 0. The van der Waals surface area contributed by atoms with Crippen LogP contribution in [0, 0.1) is 5.92 Å². The maximum absolute atomic E-state index is 13.1. The van der Waals surface area contributed by atoms with Gasteiger partial charge in [-0.1, -0.05) is 13.3 Å². The minimum absolute atomic E-state index is 0.287. The molecule has 0 amide bonds. The van der Waals surface area contributed by atoms with Gasteiger partial charge in [0.05, 0.1) is 0 Å². The van der Waals surface area contributed by atoms with Crippen LogP contribution in [0.15, 0.2) is 0 Å². The van der Waals surface area contributed by atoms with Crippen molar-refractivity contribution in [1.82, 2.24) is 0 Å². The first-order chi connectivity index (χ1) is 6.07. The molecule has 3 unspecified atom stereocenters. The Morgan fingerprint density at radius 1 is 1.00 bits per heavy atom. The van der Waals surface area contributed by atoms with Crippen LogP contribution in [0.3, 0.4) is 0 Å². The van der Waals surface area contributed by atoms with E-state index in [1.807, 2.05) is 0 Å². The van der Waals surface area contributed by atoms with Crippen LogP contribution in [0.4, 0.5) is 17.6 Å². The molecule has 1 saturated carbocycles. The van der Waals surface area contributed by atoms with E-state index >= 15 is 0 Å². The van der Waals surface area contributed by atoms with E-state index < -0.39 is 37.0 Å². The van der Waals surface area contributed by atoms with Gasteiger partial charge in [-0.25, -0.2) is 17.6 Å². The standard InChI is InChI=1S/C9H14F4/c1-2-3-5-6(10)4-7(11)9(13)8(5)12/h5-9H,2-4H2,1H3/t5-,6?,7?,8?,9+/m0/s1. The van der Waals surface area contributed by atoms with E-state index in [2.05, 4.69) is 0 Å². The molecular weight excluding hydrogens is 184 g/mol. The fourth-order valence-electron chi connectivity index (χ4n) is 1.83. The van der Waals surface area contributed by atoms with E-state index in [0.29, 0.717) is 6.42 Å². The molecular formula is C9H14F4. The molecule has 0 aromatic heterocycles. The van der Waals surface area contributed by atoms with E-state index in [9.17, 15) is 17.6 Å². The van der Waals surface area contributed by atoms with E-state index in [4.69, 9.17) is 0 Å². The Morgan fingerprint density at radius 2 is 1.62 bits per heavy atom. The summed E-state index contributed by atoms with van der Waals surface area (Å²) in [4.78, 5) is 0. The summed E-state index contributed by atoms with van der Waals surface area (Å²) in [5.74, 6) is -0.952. The third-order valence-corrected chi connectivity index (χ3v) is 2.60. The molecule has 1 fully saturated rings. The maximum Gasteiger partial charge on any atom is 0.163 e. The molecule has 0 bridgehead atoms. The molecule has 0 radical (unpaired) electrons. The molecule has 13 heavy (non-hydrogen) atoms. The topological polar surface area (TPSA) is 0 Å². The lowest BCUT2D eigenvalue weighted by Crippen LogP contribution is -2.45. The number of halogens is 4. The van der Waals surface area contributed by atoms with E-state index in [1.54, 1.807) is 6.92 Å². The fraction of sp³-hybridized carbons (Fsp3) is 1.00. The minimum atomic E-state index is -2.14. The lowest BCUT2D eigenvalue weighted by atomic mass is 9.81. The highest BCUT2D eigenvalue weighted by atomic mass is 19.2. The van der Waals surface area contributed by atoms with Gasteiger partial charge in [0, 0.05) is 12.3 Å². The van der Waals surface area contributed by atoms with Gasteiger partial charge in [-0.05, 0) is 6.42 Å². The zero-order chi connectivity index (χ0) is 10.0. The SMILES string of the molecule is CCC[C@H]1C(F)CC(F)[C@@H](F)C1F. The summed E-state index contributed by atoms with van der Waals surface area (Å²) in [5.41, 5.74) is 0. The second-order valence-corrected chi connectivity index (χ2v) is 3.61. The first-order valence-corrected chi connectivity index (χ1v) is 4.64. The van der Waals surface area contributed by atoms with E-state index in [-0.39, 0.29) is 6.42 Å². The van der Waals surface area contributed by atoms with Crippen molar-refractivity contribution in [3.63, 3.8) is 0 Å². The monoisotopic (exact) mass is 198 g/mol. The predicted octanol–water partition coefficient (Wildman–Crippen LogP) is 3.16. The summed E-state index contributed by atoms with van der Waals surface area (Å²) in [7, 11) is 0. The van der Waals surface area contributed by atoms with Crippen LogP contribution in [0.2, 0.25) is 0 Å². The Morgan fingerprint density at radius 3 is 2.15 bits per heavy atom. The van der Waals surface area contributed by atoms with Gasteiger partial charge in [-0.2, -0.15) is 0 Å². The molecule has 4 heteroatoms. The van der Waals surface area contributed by atoms with Crippen LogP contribution in [0.1, 0.15) is 26.2 Å². The maximum atomic E-state index is 13.1. The zero-order valence-electron chi connectivity index (χ0n) is 7.52. The van der Waals surface area contributed by atoms with Gasteiger partial charge >= 0.3 is 0 Å². The summed E-state index contributed by atoms with van der Waals surface area (Å²) in [6.45, 7) is 1.77. The number of alkyl halides is 4. The molecule has 0 heterocycles. The second kappa shape index (κ2) is 4.29. The Labute approximate surface area is 75.3 Å². The smallest absolute Gasteiger partial charge is 0.163 e. The first kappa shape index (κ1) is 10.8. The molecule has 1 aliphatic carbocycles. The number of hydrogen-bond acceptors (Lipinski definition) is 0. The summed E-state index contributed by atoms with van der Waals surface area (Å²) in [6.07, 6.45) is -7.23. The van der Waals surface area contributed by atoms with Crippen molar-refractivity contribution in [2.24, 2.45) is 5.92 Å². The Balaban J connectivity index is 2.61. The van der Waals surface area contributed by atoms with Gasteiger partial charge in [-0.3, -0.25) is 0 Å². The van der Waals surface area contributed by atoms with Crippen LogP contribution in [0.25, 0.3) is 0 Å². The first-order valence-electron chi connectivity index (χ1n) is 4.64. The van der Waals surface area contributed by atoms with E-state index in [0.717, 1.165) is 0 Å². The van der Waals surface area contributed by atoms with Gasteiger partial charge in [0.25, 0.3) is 0 Å². The average molecular weight is 198 g/mol. The summed E-state index contributed by atoms with van der Waals surface area (Å²) >= 11 is 0. The second-order valence-electron chi connectivity index (χ2n) is 3.61. The lowest BCUT2D eigenvalue weighted by Gasteiger charge is -2.33. The van der Waals surface area contributed by atoms with Crippen molar-refractivity contribution in [2.45, 2.75) is 50.9 Å².